The zero-order valence-electron chi connectivity index (χ0n) is 15.9. The molecule has 1 saturated heterocycles. The third kappa shape index (κ3) is 4.40. The lowest BCUT2D eigenvalue weighted by molar-refractivity contribution is 0.102. The van der Waals surface area contributed by atoms with Gasteiger partial charge in [0.25, 0.3) is 5.91 Å². The van der Waals surface area contributed by atoms with E-state index < -0.39 is 15.8 Å². The number of halogens is 1. The molecule has 0 spiro atoms. The number of anilines is 1. The number of amides is 1. The largest absolute Gasteiger partial charge is 0.320 e. The monoisotopic (exact) mass is 446 g/mol. The molecule has 0 radical (unpaired) electrons. The maximum atomic E-state index is 13.4. The van der Waals surface area contributed by atoms with Crippen LogP contribution in [0.25, 0.3) is 0 Å². The first-order valence-electron chi connectivity index (χ1n) is 9.39. The van der Waals surface area contributed by atoms with Crippen LogP contribution in [0.5, 0.6) is 0 Å². The number of carbonyl (C=O) groups excluding carboxylic acids is 1. The first-order chi connectivity index (χ1) is 14.4. The van der Waals surface area contributed by atoms with Crippen molar-refractivity contribution in [1.82, 2.24) is 14.5 Å². The van der Waals surface area contributed by atoms with E-state index in [1.807, 2.05) is 18.2 Å². The number of rotatable bonds is 5. The second-order valence-electron chi connectivity index (χ2n) is 6.90. The number of carbonyl (C=O) groups is 1. The molecule has 1 amide bonds. The number of benzene rings is 2. The lowest BCUT2D eigenvalue weighted by Gasteiger charge is -2.30. The normalized spacial score (nSPS) is 15.8. The minimum absolute atomic E-state index is 0.0275. The molecular weight excluding hydrogens is 427 g/mol. The molecule has 0 aliphatic carbocycles. The average molecular weight is 447 g/mol. The van der Waals surface area contributed by atoms with Gasteiger partial charge in [-0.25, -0.2) is 12.8 Å². The van der Waals surface area contributed by atoms with E-state index in [-0.39, 0.29) is 21.7 Å². The summed E-state index contributed by atoms with van der Waals surface area (Å²) in [6.07, 6.45) is 1.12. The summed E-state index contributed by atoms with van der Waals surface area (Å²) < 4.78 is 40.2. The van der Waals surface area contributed by atoms with Crippen LogP contribution in [-0.2, 0) is 10.0 Å². The number of hydrogen-bond acceptors (Lipinski definition) is 6. The van der Waals surface area contributed by atoms with Crippen molar-refractivity contribution < 1.29 is 17.6 Å². The number of nitrogens with zero attached hydrogens (tertiary/aromatic N) is 3. The maximum Gasteiger partial charge on any atom is 0.286 e. The van der Waals surface area contributed by atoms with Gasteiger partial charge < -0.3 is 5.32 Å². The van der Waals surface area contributed by atoms with E-state index in [9.17, 15) is 17.6 Å². The minimum atomic E-state index is -3.74. The third-order valence-electron chi connectivity index (χ3n) is 4.90. The molecule has 0 bridgehead atoms. The highest BCUT2D eigenvalue weighted by Gasteiger charge is 2.31. The van der Waals surface area contributed by atoms with Crippen LogP contribution in [0.1, 0.15) is 33.6 Å². The van der Waals surface area contributed by atoms with Gasteiger partial charge in [0.05, 0.1) is 4.90 Å². The summed E-state index contributed by atoms with van der Waals surface area (Å²) in [4.78, 5) is 12.3. The van der Waals surface area contributed by atoms with Crippen molar-refractivity contribution in [3.63, 3.8) is 0 Å². The first kappa shape index (κ1) is 20.6. The Labute approximate surface area is 177 Å². The van der Waals surface area contributed by atoms with Crippen LogP contribution in [-0.4, -0.2) is 41.9 Å². The summed E-state index contributed by atoms with van der Waals surface area (Å²) in [5.74, 6) is -0.878. The van der Waals surface area contributed by atoms with Crippen molar-refractivity contribution in [2.75, 3.05) is 18.4 Å². The molecule has 1 aliphatic heterocycles. The van der Waals surface area contributed by atoms with Gasteiger partial charge in [0.1, 0.15) is 10.8 Å². The summed E-state index contributed by atoms with van der Waals surface area (Å²) in [5.41, 5.74) is 0.676. The van der Waals surface area contributed by atoms with Gasteiger partial charge in [-0.1, -0.05) is 35.6 Å². The van der Waals surface area contributed by atoms with Gasteiger partial charge in [-0.3, -0.25) is 4.79 Å². The fourth-order valence-electron chi connectivity index (χ4n) is 3.32. The molecule has 1 aromatic heterocycles. The van der Waals surface area contributed by atoms with Crippen LogP contribution in [0, 0.1) is 5.82 Å². The van der Waals surface area contributed by atoms with E-state index in [4.69, 9.17) is 0 Å². The number of nitrogens with one attached hydrogen (secondary N) is 1. The van der Waals surface area contributed by atoms with Crippen molar-refractivity contribution in [3.05, 3.63) is 70.4 Å². The third-order valence-corrected chi connectivity index (χ3v) is 7.88. The van der Waals surface area contributed by atoms with E-state index in [0.29, 0.717) is 31.6 Å². The topological polar surface area (TPSA) is 92.3 Å². The van der Waals surface area contributed by atoms with Gasteiger partial charge in [-0.15, -0.1) is 10.2 Å². The fraction of sp³-hybridized carbons (Fsp3) is 0.250. The molecule has 7 nitrogen and oxygen atoms in total. The molecule has 4 rings (SSSR count). The summed E-state index contributed by atoms with van der Waals surface area (Å²) >= 11 is 1.22. The molecule has 156 valence electrons. The fourth-order valence-corrected chi connectivity index (χ4v) is 5.73. The average Bonchev–Trinajstić information content (AvgIpc) is 3.25. The van der Waals surface area contributed by atoms with Crippen molar-refractivity contribution in [2.45, 2.75) is 23.7 Å². The molecule has 0 unspecified atom stereocenters. The zero-order chi connectivity index (χ0) is 21.1. The first-order valence-corrected chi connectivity index (χ1v) is 11.6. The summed E-state index contributed by atoms with van der Waals surface area (Å²) in [7, 11) is -3.74. The highest BCUT2D eigenvalue weighted by atomic mass is 32.2. The Morgan fingerprint density at radius 1 is 1.07 bits per heavy atom. The molecule has 30 heavy (non-hydrogen) atoms. The van der Waals surface area contributed by atoms with Crippen LogP contribution in [0.2, 0.25) is 0 Å². The van der Waals surface area contributed by atoms with Gasteiger partial charge in [-0.2, -0.15) is 4.31 Å². The second kappa shape index (κ2) is 8.58. The minimum Gasteiger partial charge on any atom is -0.320 e. The lowest BCUT2D eigenvalue weighted by atomic mass is 9.99. The quantitative estimate of drug-likeness (QED) is 0.648. The SMILES string of the molecule is O=C(Nc1ccccc1)c1nnc(C2CCN(S(=O)(=O)c3cccc(F)c3)CC2)s1. The molecule has 1 fully saturated rings. The van der Waals surface area contributed by atoms with Gasteiger partial charge >= 0.3 is 0 Å². The zero-order valence-corrected chi connectivity index (χ0v) is 17.5. The molecular formula is C20H19FN4O3S2. The summed E-state index contributed by atoms with van der Waals surface area (Å²) in [5, 5.41) is 11.9. The Morgan fingerprint density at radius 3 is 2.50 bits per heavy atom. The van der Waals surface area contributed by atoms with Gasteiger partial charge in [0.15, 0.2) is 0 Å². The Hall–Kier alpha value is -2.69. The van der Waals surface area contributed by atoms with Crippen LogP contribution < -0.4 is 5.32 Å². The van der Waals surface area contributed by atoms with Gasteiger partial charge in [0.2, 0.25) is 15.0 Å². The Morgan fingerprint density at radius 2 is 1.80 bits per heavy atom. The van der Waals surface area contributed by atoms with Gasteiger partial charge in [0, 0.05) is 24.7 Å². The Kier molecular flexibility index (Phi) is 5.89. The van der Waals surface area contributed by atoms with Gasteiger partial charge in [-0.05, 0) is 43.2 Å². The smallest absolute Gasteiger partial charge is 0.286 e. The van der Waals surface area contributed by atoms with Crippen molar-refractivity contribution in [2.24, 2.45) is 0 Å². The van der Waals surface area contributed by atoms with Crippen molar-refractivity contribution in [1.29, 1.82) is 0 Å². The standard InChI is InChI=1S/C20H19FN4O3S2/c21-15-5-4-8-17(13-15)30(27,28)25-11-9-14(10-12-25)19-23-24-20(29-19)18(26)22-16-6-2-1-3-7-16/h1-8,13-14H,9-12H2,(H,22,26). The predicted molar refractivity (Wildman–Crippen MR) is 111 cm³/mol. The molecule has 2 aromatic carbocycles. The number of piperidine rings is 1. The number of sulfonamides is 1. The van der Waals surface area contributed by atoms with E-state index in [1.54, 1.807) is 12.1 Å². The highest BCUT2D eigenvalue weighted by molar-refractivity contribution is 7.89. The molecule has 0 atom stereocenters. The van der Waals surface area contributed by atoms with Crippen molar-refractivity contribution in [3.8, 4) is 0 Å². The van der Waals surface area contributed by atoms with Crippen molar-refractivity contribution >= 4 is 33.0 Å². The predicted octanol–water partition coefficient (Wildman–Crippen LogP) is 3.50. The summed E-state index contributed by atoms with van der Waals surface area (Å²) in [6, 6.07) is 14.1. The van der Waals surface area contributed by atoms with E-state index in [2.05, 4.69) is 15.5 Å². The van der Waals surface area contributed by atoms with Crippen LogP contribution >= 0.6 is 11.3 Å². The van der Waals surface area contributed by atoms with Crippen LogP contribution in [0.15, 0.2) is 59.5 Å². The van der Waals surface area contributed by atoms with E-state index in [0.717, 1.165) is 11.1 Å². The van der Waals surface area contributed by atoms with Crippen LogP contribution in [0.4, 0.5) is 10.1 Å². The maximum absolute atomic E-state index is 13.4. The Bertz CT molecular complexity index is 1140. The number of para-hydroxylation sites is 1. The molecule has 10 heteroatoms. The highest BCUT2D eigenvalue weighted by Crippen LogP contribution is 2.32. The molecule has 1 aliphatic rings. The molecule has 0 saturated carbocycles. The number of hydrogen-bond donors (Lipinski definition) is 1. The summed E-state index contributed by atoms with van der Waals surface area (Å²) in [6.45, 7) is 0.600. The Balaban J connectivity index is 1.39. The van der Waals surface area contributed by atoms with Crippen LogP contribution in [0.3, 0.4) is 0 Å². The molecule has 3 aromatic rings. The molecule has 2 heterocycles. The number of aromatic nitrogens is 2. The van der Waals surface area contributed by atoms with E-state index in [1.165, 1.54) is 33.8 Å². The second-order valence-corrected chi connectivity index (χ2v) is 9.85. The van der Waals surface area contributed by atoms with E-state index >= 15 is 0 Å². The molecule has 1 N–H and O–H groups in total. The lowest BCUT2D eigenvalue weighted by Crippen LogP contribution is -2.37.